The molecule has 0 saturated heterocycles. The van der Waals surface area contributed by atoms with Gasteiger partial charge in [0, 0.05) is 12.3 Å². The summed E-state index contributed by atoms with van der Waals surface area (Å²) in [7, 11) is 0. The first-order valence-corrected chi connectivity index (χ1v) is 5.99. The van der Waals surface area contributed by atoms with E-state index in [1.807, 2.05) is 0 Å². The lowest BCUT2D eigenvalue weighted by Crippen LogP contribution is -2.24. The highest BCUT2D eigenvalue weighted by atomic mass is 32.1. The molecule has 98 valence electrons. The quantitative estimate of drug-likeness (QED) is 0.443. The minimum Gasteiger partial charge on any atom is -0.476 e. The van der Waals surface area contributed by atoms with E-state index >= 15 is 0 Å². The van der Waals surface area contributed by atoms with Gasteiger partial charge in [0.1, 0.15) is 12.3 Å². The maximum Gasteiger partial charge on any atom is 0.360 e. The monoisotopic (exact) mass is 271 g/mol. The van der Waals surface area contributed by atoms with Crippen LogP contribution in [0.4, 0.5) is 0 Å². The summed E-state index contributed by atoms with van der Waals surface area (Å²) in [6.07, 6.45) is 0. The summed E-state index contributed by atoms with van der Waals surface area (Å²) in [5.74, 6) is -1.39. The van der Waals surface area contributed by atoms with Gasteiger partial charge in [0.15, 0.2) is 0 Å². The Kier molecular flexibility index (Phi) is 5.25. The van der Waals surface area contributed by atoms with Crippen molar-refractivity contribution in [1.82, 2.24) is 10.3 Å². The smallest absolute Gasteiger partial charge is 0.360 e. The van der Waals surface area contributed by atoms with Crippen molar-refractivity contribution in [3.8, 4) is 0 Å². The molecule has 0 saturated carbocycles. The first-order chi connectivity index (χ1) is 8.50. The summed E-state index contributed by atoms with van der Waals surface area (Å²) in [6, 6.07) is 0. The summed E-state index contributed by atoms with van der Waals surface area (Å²) in [4.78, 5) is 30.4. The van der Waals surface area contributed by atoms with Crippen molar-refractivity contribution in [2.24, 2.45) is 5.16 Å². The molecule has 0 aliphatic carbocycles. The second kappa shape index (κ2) is 6.70. The number of aryl methyl sites for hydroxylation is 1. The molecule has 2 N–H and O–H groups in total. The van der Waals surface area contributed by atoms with E-state index in [1.165, 1.54) is 18.3 Å². The molecule has 0 atom stereocenters. The number of carbonyl (C=O) groups is 2. The Hall–Kier alpha value is -1.96. The largest absolute Gasteiger partial charge is 0.476 e. The predicted octanol–water partition coefficient (Wildman–Crippen LogP) is 0.393. The van der Waals surface area contributed by atoms with Gasteiger partial charge in [-0.15, -0.1) is 11.3 Å². The molecule has 1 rings (SSSR count). The normalized spacial score (nSPS) is 11.1. The summed E-state index contributed by atoms with van der Waals surface area (Å²) >= 11 is 1.33. The molecule has 0 aliphatic rings. The average molecular weight is 271 g/mol. The van der Waals surface area contributed by atoms with Gasteiger partial charge in [-0.3, -0.25) is 4.79 Å². The van der Waals surface area contributed by atoms with Gasteiger partial charge in [0.25, 0.3) is 0 Å². The van der Waals surface area contributed by atoms with Crippen LogP contribution in [0.5, 0.6) is 0 Å². The number of thiazole rings is 1. The Morgan fingerprint density at radius 2 is 2.33 bits per heavy atom. The van der Waals surface area contributed by atoms with Gasteiger partial charge in [-0.05, 0) is 6.92 Å². The third kappa shape index (κ3) is 4.50. The molecule has 1 aromatic heterocycles. The Morgan fingerprint density at radius 3 is 2.83 bits per heavy atom. The molecule has 0 spiro atoms. The number of hydrogen-bond donors (Lipinski definition) is 2. The van der Waals surface area contributed by atoms with Crippen LogP contribution in [0.15, 0.2) is 10.5 Å². The number of nitrogens with zero attached hydrogens (tertiary/aromatic N) is 2. The number of amides is 1. The molecule has 0 bridgehead atoms. The highest BCUT2D eigenvalue weighted by molar-refractivity contribution is 7.09. The van der Waals surface area contributed by atoms with Gasteiger partial charge in [0.2, 0.25) is 11.6 Å². The zero-order valence-corrected chi connectivity index (χ0v) is 10.8. The minimum absolute atomic E-state index is 0.0967. The number of oxime groups is 1. The van der Waals surface area contributed by atoms with E-state index in [1.54, 1.807) is 12.3 Å². The Balaban J connectivity index is 2.57. The predicted molar refractivity (Wildman–Crippen MR) is 65.7 cm³/mol. The van der Waals surface area contributed by atoms with Crippen molar-refractivity contribution >= 4 is 28.9 Å². The number of carboxylic acids is 1. The SMILES string of the molecule is CC(=O)NCCO/N=C(\C(=O)O)c1csc(C)n1. The number of carboxylic acid groups (broad SMARTS) is 1. The van der Waals surface area contributed by atoms with Gasteiger partial charge >= 0.3 is 5.97 Å². The second-order valence-corrected chi connectivity index (χ2v) is 4.38. The third-order valence-electron chi connectivity index (χ3n) is 1.79. The van der Waals surface area contributed by atoms with E-state index < -0.39 is 5.97 Å². The van der Waals surface area contributed by atoms with Crippen molar-refractivity contribution in [3.63, 3.8) is 0 Å². The van der Waals surface area contributed by atoms with E-state index in [0.717, 1.165) is 5.01 Å². The minimum atomic E-state index is -1.21. The van der Waals surface area contributed by atoms with Gasteiger partial charge in [-0.2, -0.15) is 0 Å². The number of aliphatic carboxylic acids is 1. The van der Waals surface area contributed by atoms with E-state index in [4.69, 9.17) is 9.94 Å². The van der Waals surface area contributed by atoms with Crippen LogP contribution in [0.2, 0.25) is 0 Å². The highest BCUT2D eigenvalue weighted by Gasteiger charge is 2.16. The molecule has 0 fully saturated rings. The number of rotatable bonds is 6. The summed E-state index contributed by atoms with van der Waals surface area (Å²) < 4.78 is 0. The summed E-state index contributed by atoms with van der Waals surface area (Å²) in [5, 5.41) is 17.3. The van der Waals surface area contributed by atoms with Crippen molar-refractivity contribution in [2.75, 3.05) is 13.2 Å². The number of hydrogen-bond acceptors (Lipinski definition) is 6. The zero-order valence-electron chi connectivity index (χ0n) is 9.97. The highest BCUT2D eigenvalue weighted by Crippen LogP contribution is 2.09. The molecule has 8 heteroatoms. The van der Waals surface area contributed by atoms with Gasteiger partial charge < -0.3 is 15.3 Å². The molecule has 18 heavy (non-hydrogen) atoms. The first kappa shape index (κ1) is 14.1. The van der Waals surface area contributed by atoms with Gasteiger partial charge in [-0.1, -0.05) is 5.16 Å². The van der Waals surface area contributed by atoms with Crippen LogP contribution in [0.3, 0.4) is 0 Å². The maximum absolute atomic E-state index is 11.0. The molecule has 1 aromatic rings. The van der Waals surface area contributed by atoms with Gasteiger partial charge in [0.05, 0.1) is 11.6 Å². The van der Waals surface area contributed by atoms with Crippen LogP contribution in [-0.2, 0) is 14.4 Å². The number of nitrogens with one attached hydrogen (secondary N) is 1. The molecule has 1 heterocycles. The summed E-state index contributed by atoms with van der Waals surface area (Å²) in [6.45, 7) is 3.51. The first-order valence-electron chi connectivity index (χ1n) is 5.11. The Bertz CT molecular complexity index is 469. The molecular formula is C10H13N3O4S. The van der Waals surface area contributed by atoms with Crippen LogP contribution < -0.4 is 5.32 Å². The molecule has 7 nitrogen and oxygen atoms in total. The molecule has 0 aromatic carbocycles. The van der Waals surface area contributed by atoms with Crippen molar-refractivity contribution < 1.29 is 19.5 Å². The third-order valence-corrected chi connectivity index (χ3v) is 2.56. The van der Waals surface area contributed by atoms with Crippen molar-refractivity contribution in [2.45, 2.75) is 13.8 Å². The Morgan fingerprint density at radius 1 is 1.61 bits per heavy atom. The standard InChI is InChI=1S/C10H13N3O4S/c1-6(14)11-3-4-17-13-9(10(15)16)8-5-18-7(2)12-8/h5H,3-4H2,1-2H3,(H,11,14)(H,15,16)/b13-9-. The molecule has 0 aliphatic heterocycles. The van der Waals surface area contributed by atoms with Crippen LogP contribution in [0, 0.1) is 6.92 Å². The molecule has 0 radical (unpaired) electrons. The average Bonchev–Trinajstić information content (AvgIpc) is 2.69. The van der Waals surface area contributed by atoms with Gasteiger partial charge in [-0.25, -0.2) is 9.78 Å². The zero-order chi connectivity index (χ0) is 13.5. The lowest BCUT2D eigenvalue weighted by Gasteiger charge is -2.01. The van der Waals surface area contributed by atoms with Crippen molar-refractivity contribution in [1.29, 1.82) is 0 Å². The second-order valence-electron chi connectivity index (χ2n) is 3.31. The lowest BCUT2D eigenvalue weighted by molar-refractivity contribution is -0.129. The fourth-order valence-corrected chi connectivity index (χ4v) is 1.65. The van der Waals surface area contributed by atoms with Crippen LogP contribution in [0.25, 0.3) is 0 Å². The molecular weight excluding hydrogens is 258 g/mol. The topological polar surface area (TPSA) is 101 Å². The van der Waals surface area contributed by atoms with Crippen LogP contribution in [-0.4, -0.2) is 40.8 Å². The van der Waals surface area contributed by atoms with E-state index in [-0.39, 0.29) is 30.5 Å². The number of aromatic nitrogens is 1. The van der Waals surface area contributed by atoms with Crippen LogP contribution in [0.1, 0.15) is 17.6 Å². The molecule has 1 amide bonds. The fourth-order valence-electron chi connectivity index (χ4n) is 1.05. The fraction of sp³-hybridized carbons (Fsp3) is 0.400. The summed E-state index contributed by atoms with van der Waals surface area (Å²) in [5.41, 5.74) is 0.0201. The lowest BCUT2D eigenvalue weighted by atomic mass is 10.3. The van der Waals surface area contributed by atoms with Crippen LogP contribution >= 0.6 is 11.3 Å². The van der Waals surface area contributed by atoms with E-state index in [0.29, 0.717) is 0 Å². The van der Waals surface area contributed by atoms with Crippen molar-refractivity contribution in [3.05, 3.63) is 16.1 Å². The molecule has 0 unspecified atom stereocenters. The maximum atomic E-state index is 11.0. The van der Waals surface area contributed by atoms with E-state index in [9.17, 15) is 9.59 Å². The number of carbonyl (C=O) groups excluding carboxylic acids is 1. The van der Waals surface area contributed by atoms with E-state index in [2.05, 4.69) is 15.5 Å². The Labute approximate surface area is 107 Å².